The van der Waals surface area contributed by atoms with Gasteiger partial charge in [-0.25, -0.2) is 9.97 Å². The molecule has 9 heteroatoms. The summed E-state index contributed by atoms with van der Waals surface area (Å²) in [5.74, 6) is 1.46. The number of nitrogens with one attached hydrogen (secondary N) is 1. The van der Waals surface area contributed by atoms with Gasteiger partial charge in [-0.05, 0) is 57.0 Å². The van der Waals surface area contributed by atoms with Gasteiger partial charge in [0, 0.05) is 23.5 Å². The summed E-state index contributed by atoms with van der Waals surface area (Å²) in [6.07, 6.45) is 7.95. The number of carbonyl (C=O) groups is 1. The number of benzene rings is 1. The Bertz CT molecular complexity index is 1510. The van der Waals surface area contributed by atoms with Crippen molar-refractivity contribution in [2.45, 2.75) is 38.6 Å². The Kier molecular flexibility index (Phi) is 4.75. The van der Waals surface area contributed by atoms with Gasteiger partial charge >= 0.3 is 0 Å². The normalized spacial score (nSPS) is 13.6. The van der Waals surface area contributed by atoms with Crippen molar-refractivity contribution < 1.29 is 9.21 Å². The number of imidazole rings is 1. The highest BCUT2D eigenvalue weighted by atomic mass is 16.3. The fraction of sp³-hybridized carbons (Fsp3) is 0.240. The number of rotatable bonds is 6. The molecule has 6 rings (SSSR count). The van der Waals surface area contributed by atoms with Crippen LogP contribution < -0.4 is 5.32 Å². The van der Waals surface area contributed by atoms with Gasteiger partial charge in [0.1, 0.15) is 23.4 Å². The minimum atomic E-state index is -0.374. The molecule has 1 amide bonds. The summed E-state index contributed by atoms with van der Waals surface area (Å²) in [6.45, 7) is 4.09. The van der Waals surface area contributed by atoms with Gasteiger partial charge in [0.25, 0.3) is 5.91 Å². The summed E-state index contributed by atoms with van der Waals surface area (Å²) < 4.78 is 9.80. The van der Waals surface area contributed by atoms with Gasteiger partial charge in [0.2, 0.25) is 0 Å². The third kappa shape index (κ3) is 3.64. The van der Waals surface area contributed by atoms with E-state index >= 15 is 0 Å². The molecule has 1 fully saturated rings. The second kappa shape index (κ2) is 7.95. The van der Waals surface area contributed by atoms with Crippen molar-refractivity contribution in [2.75, 3.05) is 5.32 Å². The molecule has 1 aliphatic rings. The first-order valence-corrected chi connectivity index (χ1v) is 11.3. The molecular weight excluding hydrogens is 430 g/mol. The van der Waals surface area contributed by atoms with Crippen molar-refractivity contribution in [1.29, 1.82) is 0 Å². The topological polar surface area (TPSA) is 104 Å². The number of amides is 1. The van der Waals surface area contributed by atoms with Gasteiger partial charge in [0.15, 0.2) is 11.6 Å². The summed E-state index contributed by atoms with van der Waals surface area (Å²) in [4.78, 5) is 22.1. The molecule has 1 saturated carbocycles. The second-order valence-electron chi connectivity index (χ2n) is 8.80. The number of furan rings is 1. The number of hydrogen-bond donors (Lipinski definition) is 1. The molecule has 0 saturated heterocycles. The van der Waals surface area contributed by atoms with Crippen LogP contribution in [0.5, 0.6) is 0 Å². The zero-order valence-corrected chi connectivity index (χ0v) is 18.8. The maximum Gasteiger partial charge on any atom is 0.292 e. The second-order valence-corrected chi connectivity index (χ2v) is 8.80. The molecule has 0 atom stereocenters. The summed E-state index contributed by atoms with van der Waals surface area (Å²) in [7, 11) is 0. The first-order chi connectivity index (χ1) is 16.6. The van der Waals surface area contributed by atoms with Crippen LogP contribution in [0.25, 0.3) is 28.2 Å². The van der Waals surface area contributed by atoms with Gasteiger partial charge in [-0.3, -0.25) is 4.79 Å². The van der Waals surface area contributed by atoms with Crippen LogP contribution in [0.1, 0.15) is 54.9 Å². The van der Waals surface area contributed by atoms with E-state index < -0.39 is 0 Å². The number of fused-ring (bicyclic) bond motifs is 1. The molecule has 0 spiro atoms. The van der Waals surface area contributed by atoms with Gasteiger partial charge in [-0.1, -0.05) is 12.1 Å². The fourth-order valence-electron chi connectivity index (χ4n) is 4.05. The summed E-state index contributed by atoms with van der Waals surface area (Å²) in [5, 5.41) is 11.9. The largest absolute Gasteiger partial charge is 0.451 e. The zero-order chi connectivity index (χ0) is 23.2. The number of hydrogen-bond acceptors (Lipinski definition) is 6. The molecule has 5 aromatic rings. The van der Waals surface area contributed by atoms with Gasteiger partial charge in [-0.2, -0.15) is 0 Å². The maximum absolute atomic E-state index is 13.0. The number of carbonyl (C=O) groups excluding carboxylic acids is 1. The predicted molar refractivity (Wildman–Crippen MR) is 127 cm³/mol. The molecule has 4 aromatic heterocycles. The lowest BCUT2D eigenvalue weighted by atomic mass is 10.2. The number of anilines is 1. The summed E-state index contributed by atoms with van der Waals surface area (Å²) in [6, 6.07) is 13.1. The average Bonchev–Trinajstić information content (AvgIpc) is 3.25. The monoisotopic (exact) mass is 453 g/mol. The van der Waals surface area contributed by atoms with Crippen LogP contribution in [0.4, 0.5) is 5.82 Å². The highest BCUT2D eigenvalue weighted by Gasteiger charge is 2.26. The van der Waals surface area contributed by atoms with Crippen molar-refractivity contribution in [3.63, 3.8) is 0 Å². The van der Waals surface area contributed by atoms with E-state index in [1.165, 1.54) is 12.8 Å². The lowest BCUT2D eigenvalue weighted by Crippen LogP contribution is -2.12. The molecule has 34 heavy (non-hydrogen) atoms. The first kappa shape index (κ1) is 20.3. The molecule has 170 valence electrons. The van der Waals surface area contributed by atoms with Crippen molar-refractivity contribution in [3.8, 4) is 17.2 Å². The molecule has 1 aliphatic carbocycles. The van der Waals surface area contributed by atoms with Crippen LogP contribution in [0.15, 0.2) is 65.7 Å². The van der Waals surface area contributed by atoms with Crippen LogP contribution in [-0.2, 0) is 0 Å². The van der Waals surface area contributed by atoms with E-state index in [1.54, 1.807) is 18.5 Å². The molecule has 0 aliphatic heterocycles. The van der Waals surface area contributed by atoms with Crippen LogP contribution in [0.3, 0.4) is 0 Å². The van der Waals surface area contributed by atoms with Crippen LogP contribution in [-0.4, -0.2) is 35.2 Å². The Morgan fingerprint density at radius 1 is 1.15 bits per heavy atom. The van der Waals surface area contributed by atoms with Crippen LogP contribution in [0, 0.1) is 0 Å². The Balaban J connectivity index is 1.28. The standard InChI is InChI=1S/C25H23N7O2/c1-15(2)32-14-27-30-24(32)18-5-3-8-23(28-18)29-25(33)22-11-17-20(6-4-7-21(17)34-22)31-12-19(26-13-31)16-9-10-16/h3-8,11-16H,9-10H2,1-2H3,(H,28,29,33). The van der Waals surface area contributed by atoms with Crippen molar-refractivity contribution in [3.05, 3.63) is 72.8 Å². The smallest absolute Gasteiger partial charge is 0.292 e. The lowest BCUT2D eigenvalue weighted by molar-refractivity contribution is 0.0998. The predicted octanol–water partition coefficient (Wildman–Crippen LogP) is 4.98. The quantitative estimate of drug-likeness (QED) is 0.389. The van der Waals surface area contributed by atoms with E-state index in [0.29, 0.717) is 28.8 Å². The highest BCUT2D eigenvalue weighted by molar-refractivity contribution is 6.05. The van der Waals surface area contributed by atoms with E-state index in [9.17, 15) is 4.79 Å². The Hall–Kier alpha value is -4.27. The van der Waals surface area contributed by atoms with Crippen LogP contribution in [0.2, 0.25) is 0 Å². The number of pyridine rings is 1. The molecular formula is C25H23N7O2. The van der Waals surface area contributed by atoms with E-state index in [0.717, 1.165) is 16.8 Å². The van der Waals surface area contributed by atoms with Gasteiger partial charge in [0.05, 0.1) is 17.7 Å². The summed E-state index contributed by atoms with van der Waals surface area (Å²) in [5.41, 5.74) is 3.30. The van der Waals surface area contributed by atoms with E-state index in [2.05, 4.69) is 31.7 Å². The molecule has 0 bridgehead atoms. The molecule has 1 N–H and O–H groups in total. The third-order valence-corrected chi connectivity index (χ3v) is 5.99. The number of nitrogens with zero attached hydrogens (tertiary/aromatic N) is 6. The lowest BCUT2D eigenvalue weighted by Gasteiger charge is -2.10. The van der Waals surface area contributed by atoms with Gasteiger partial charge in [-0.15, -0.1) is 10.2 Å². The molecule has 0 radical (unpaired) electrons. The van der Waals surface area contributed by atoms with Crippen molar-refractivity contribution in [2.24, 2.45) is 0 Å². The molecule has 9 nitrogen and oxygen atoms in total. The minimum absolute atomic E-state index is 0.186. The number of aromatic nitrogens is 6. The molecule has 0 unspecified atom stereocenters. The van der Waals surface area contributed by atoms with E-state index in [4.69, 9.17) is 4.42 Å². The fourth-order valence-corrected chi connectivity index (χ4v) is 4.05. The Labute approximate surface area is 195 Å². The Morgan fingerprint density at radius 2 is 2.00 bits per heavy atom. The zero-order valence-electron chi connectivity index (χ0n) is 18.8. The Morgan fingerprint density at radius 3 is 2.82 bits per heavy atom. The SMILES string of the molecule is CC(C)n1cnnc1-c1cccc(NC(=O)c2cc3c(-n4cnc(C5CC5)c4)cccc3o2)n1. The van der Waals surface area contributed by atoms with Gasteiger partial charge < -0.3 is 18.9 Å². The molecule has 1 aromatic carbocycles. The average molecular weight is 454 g/mol. The highest BCUT2D eigenvalue weighted by Crippen LogP contribution is 2.39. The molecule has 4 heterocycles. The van der Waals surface area contributed by atoms with Crippen LogP contribution >= 0.6 is 0 Å². The van der Waals surface area contributed by atoms with E-state index in [1.807, 2.05) is 59.6 Å². The minimum Gasteiger partial charge on any atom is -0.451 e. The summed E-state index contributed by atoms with van der Waals surface area (Å²) >= 11 is 0. The van der Waals surface area contributed by atoms with Crippen molar-refractivity contribution >= 4 is 22.7 Å². The van der Waals surface area contributed by atoms with Crippen molar-refractivity contribution in [1.82, 2.24) is 29.3 Å². The first-order valence-electron chi connectivity index (χ1n) is 11.3. The third-order valence-electron chi connectivity index (χ3n) is 5.99. The maximum atomic E-state index is 13.0. The van der Waals surface area contributed by atoms with E-state index in [-0.39, 0.29) is 17.7 Å².